The molecule has 0 unspecified atom stereocenters. The van der Waals surface area contributed by atoms with Gasteiger partial charge < -0.3 is 5.32 Å². The van der Waals surface area contributed by atoms with Crippen LogP contribution in [-0.2, 0) is 6.54 Å². The minimum Gasteiger partial charge on any atom is -0.357 e. The lowest BCUT2D eigenvalue weighted by Gasteiger charge is -2.02. The number of hydrogen-bond donors (Lipinski definition) is 1. The first-order chi connectivity index (χ1) is 7.24. The van der Waals surface area contributed by atoms with Crippen molar-refractivity contribution >= 4 is 32.4 Å². The highest BCUT2D eigenvalue weighted by Crippen LogP contribution is 2.20. The second-order valence-electron chi connectivity index (χ2n) is 2.96. The van der Waals surface area contributed by atoms with Crippen LogP contribution >= 0.6 is 27.3 Å². The van der Waals surface area contributed by atoms with Crippen molar-refractivity contribution in [3.63, 3.8) is 0 Å². The highest BCUT2D eigenvalue weighted by Gasteiger charge is 1.99. The molecule has 2 aromatic rings. The molecule has 0 atom stereocenters. The Balaban J connectivity index is 1.99. The van der Waals surface area contributed by atoms with E-state index in [0.29, 0.717) is 6.54 Å². The van der Waals surface area contributed by atoms with Gasteiger partial charge >= 0.3 is 0 Å². The number of rotatable bonds is 3. The van der Waals surface area contributed by atoms with E-state index in [9.17, 15) is 4.39 Å². The van der Waals surface area contributed by atoms with E-state index in [1.807, 2.05) is 11.4 Å². The molecule has 2 nitrogen and oxygen atoms in total. The third-order valence-corrected chi connectivity index (χ3v) is 3.32. The average Bonchev–Trinajstić information content (AvgIpc) is 2.62. The van der Waals surface area contributed by atoms with Crippen molar-refractivity contribution in [1.82, 2.24) is 4.98 Å². The zero-order valence-electron chi connectivity index (χ0n) is 7.71. The van der Waals surface area contributed by atoms with E-state index >= 15 is 0 Å². The molecule has 0 bridgehead atoms. The monoisotopic (exact) mass is 286 g/mol. The Morgan fingerprint density at radius 3 is 3.00 bits per heavy atom. The quantitative estimate of drug-likeness (QED) is 0.932. The minimum atomic E-state index is -0.213. The summed E-state index contributed by atoms with van der Waals surface area (Å²) in [4.78, 5) is 4.18. The van der Waals surface area contributed by atoms with E-state index in [1.54, 1.807) is 6.07 Å². The van der Waals surface area contributed by atoms with Crippen LogP contribution in [0.2, 0.25) is 0 Å². The summed E-state index contributed by atoms with van der Waals surface area (Å²) in [7, 11) is 0. The predicted octanol–water partition coefficient (Wildman–Crippen LogP) is 3.66. The molecule has 78 valence electrons. The van der Waals surface area contributed by atoms with E-state index < -0.39 is 0 Å². The molecule has 15 heavy (non-hydrogen) atoms. The van der Waals surface area contributed by atoms with Crippen LogP contribution in [-0.4, -0.2) is 4.98 Å². The molecule has 5 heteroatoms. The fourth-order valence-corrected chi connectivity index (χ4v) is 2.30. The van der Waals surface area contributed by atoms with Gasteiger partial charge in [-0.2, -0.15) is 0 Å². The van der Waals surface area contributed by atoms with Gasteiger partial charge in [0.1, 0.15) is 10.4 Å². The van der Waals surface area contributed by atoms with Crippen LogP contribution in [0.4, 0.5) is 9.52 Å². The molecule has 2 rings (SSSR count). The summed E-state index contributed by atoms with van der Waals surface area (Å²) in [6.45, 7) is 0.581. The van der Waals surface area contributed by atoms with E-state index in [4.69, 9.17) is 0 Å². The van der Waals surface area contributed by atoms with Crippen LogP contribution in [0.15, 0.2) is 34.2 Å². The van der Waals surface area contributed by atoms with Gasteiger partial charge in [-0.1, -0.05) is 12.1 Å². The summed E-state index contributed by atoms with van der Waals surface area (Å²) >= 11 is 4.78. The van der Waals surface area contributed by atoms with Crippen molar-refractivity contribution in [1.29, 1.82) is 0 Å². The topological polar surface area (TPSA) is 24.9 Å². The summed E-state index contributed by atoms with van der Waals surface area (Å²) in [5.41, 5.74) is 0.904. The van der Waals surface area contributed by atoms with Gasteiger partial charge in [-0.15, -0.1) is 11.3 Å². The van der Waals surface area contributed by atoms with Gasteiger partial charge in [-0.05, 0) is 33.6 Å². The van der Waals surface area contributed by atoms with Crippen LogP contribution in [0.5, 0.6) is 0 Å². The van der Waals surface area contributed by atoms with Gasteiger partial charge in [0, 0.05) is 11.9 Å². The Labute approximate surface area is 99.3 Å². The second kappa shape index (κ2) is 4.72. The largest absolute Gasteiger partial charge is 0.357 e. The molecule has 0 aliphatic carbocycles. The Hall–Kier alpha value is -0.940. The highest BCUT2D eigenvalue weighted by molar-refractivity contribution is 9.10. The van der Waals surface area contributed by atoms with Crippen molar-refractivity contribution in [2.45, 2.75) is 6.54 Å². The van der Waals surface area contributed by atoms with Gasteiger partial charge in [0.25, 0.3) is 0 Å². The van der Waals surface area contributed by atoms with Crippen molar-refractivity contribution in [3.8, 4) is 0 Å². The zero-order valence-corrected chi connectivity index (χ0v) is 10.1. The maximum Gasteiger partial charge on any atom is 0.184 e. The predicted molar refractivity (Wildman–Crippen MR) is 63.5 cm³/mol. The van der Waals surface area contributed by atoms with Crippen LogP contribution in [0, 0.1) is 5.82 Å². The Bertz CT molecular complexity index is 458. The molecule has 1 aromatic carbocycles. The number of hydrogen-bond acceptors (Lipinski definition) is 3. The number of anilines is 1. The Morgan fingerprint density at radius 1 is 1.47 bits per heavy atom. The van der Waals surface area contributed by atoms with Crippen LogP contribution in [0.3, 0.4) is 0 Å². The number of halogens is 2. The van der Waals surface area contributed by atoms with Gasteiger partial charge in [-0.3, -0.25) is 0 Å². The van der Waals surface area contributed by atoms with E-state index in [-0.39, 0.29) is 5.82 Å². The summed E-state index contributed by atoms with van der Waals surface area (Å²) in [5, 5.41) is 5.84. The maximum absolute atomic E-state index is 12.8. The first kappa shape index (κ1) is 10.6. The lowest BCUT2D eigenvalue weighted by atomic mass is 10.2. The molecular formula is C10H8BrFN2S. The molecule has 0 amide bonds. The zero-order chi connectivity index (χ0) is 10.7. The smallest absolute Gasteiger partial charge is 0.184 e. The van der Waals surface area contributed by atoms with E-state index in [2.05, 4.69) is 26.2 Å². The van der Waals surface area contributed by atoms with Gasteiger partial charge in [-0.25, -0.2) is 9.37 Å². The lowest BCUT2D eigenvalue weighted by molar-refractivity contribution is 0.626. The summed E-state index contributed by atoms with van der Waals surface area (Å²) in [5.74, 6) is -0.213. The molecule has 1 N–H and O–H groups in total. The fraction of sp³-hybridized carbons (Fsp3) is 0.100. The first-order valence-corrected chi connectivity index (χ1v) is 6.00. The second-order valence-corrected chi connectivity index (χ2v) is 4.63. The highest BCUT2D eigenvalue weighted by atomic mass is 79.9. The average molecular weight is 287 g/mol. The van der Waals surface area contributed by atoms with Crippen molar-refractivity contribution in [3.05, 3.63) is 45.6 Å². The fourth-order valence-electron chi connectivity index (χ4n) is 1.16. The molecule has 0 fully saturated rings. The molecule has 0 saturated carbocycles. The number of thiazole rings is 1. The Kier molecular flexibility index (Phi) is 3.33. The van der Waals surface area contributed by atoms with Crippen LogP contribution < -0.4 is 5.32 Å². The SMILES string of the molecule is Fc1cccc(CNc2nc(Br)cs2)c1. The summed E-state index contributed by atoms with van der Waals surface area (Å²) < 4.78 is 13.7. The normalized spacial score (nSPS) is 10.3. The van der Waals surface area contributed by atoms with E-state index in [0.717, 1.165) is 15.3 Å². The number of benzene rings is 1. The van der Waals surface area contributed by atoms with Crippen molar-refractivity contribution in [2.75, 3.05) is 5.32 Å². The van der Waals surface area contributed by atoms with Crippen molar-refractivity contribution < 1.29 is 4.39 Å². The molecule has 1 heterocycles. The molecular weight excluding hydrogens is 279 g/mol. The Morgan fingerprint density at radius 2 is 2.33 bits per heavy atom. The van der Waals surface area contributed by atoms with Crippen LogP contribution in [0.25, 0.3) is 0 Å². The third-order valence-electron chi connectivity index (χ3n) is 1.81. The molecule has 0 aliphatic rings. The number of nitrogens with zero attached hydrogens (tertiary/aromatic N) is 1. The van der Waals surface area contributed by atoms with Crippen molar-refractivity contribution in [2.24, 2.45) is 0 Å². The molecule has 0 spiro atoms. The molecule has 1 aromatic heterocycles. The summed E-state index contributed by atoms with van der Waals surface area (Å²) in [6, 6.07) is 6.52. The number of nitrogens with one attached hydrogen (secondary N) is 1. The number of aromatic nitrogens is 1. The van der Waals surface area contributed by atoms with Crippen LogP contribution in [0.1, 0.15) is 5.56 Å². The standard InChI is InChI=1S/C10H8BrFN2S/c11-9-6-15-10(14-9)13-5-7-2-1-3-8(12)4-7/h1-4,6H,5H2,(H,13,14). The minimum absolute atomic E-state index is 0.213. The van der Waals surface area contributed by atoms with E-state index in [1.165, 1.54) is 23.5 Å². The van der Waals surface area contributed by atoms with Gasteiger partial charge in [0.2, 0.25) is 0 Å². The first-order valence-electron chi connectivity index (χ1n) is 4.33. The molecule has 0 aliphatic heterocycles. The molecule has 0 radical (unpaired) electrons. The van der Waals surface area contributed by atoms with Gasteiger partial charge in [0.05, 0.1) is 0 Å². The lowest BCUT2D eigenvalue weighted by Crippen LogP contribution is -1.98. The summed E-state index contributed by atoms with van der Waals surface area (Å²) in [6.07, 6.45) is 0. The van der Waals surface area contributed by atoms with Gasteiger partial charge in [0.15, 0.2) is 5.13 Å². The third kappa shape index (κ3) is 3.00. The maximum atomic E-state index is 12.8. The molecule has 0 saturated heterocycles.